The second-order valence-electron chi connectivity index (χ2n) is 3.32. The van der Waals surface area contributed by atoms with Gasteiger partial charge >= 0.3 is 5.82 Å². The molecule has 7 nitrogen and oxygen atoms in total. The summed E-state index contributed by atoms with van der Waals surface area (Å²) in [6.45, 7) is 5.46. The van der Waals surface area contributed by atoms with Crippen LogP contribution in [-0.4, -0.2) is 34.2 Å². The number of aromatic nitrogens is 2. The Morgan fingerprint density at radius 2 is 2.12 bits per heavy atom. The zero-order valence-electron chi connectivity index (χ0n) is 10.0. The van der Waals surface area contributed by atoms with E-state index >= 15 is 0 Å². The highest BCUT2D eigenvalue weighted by molar-refractivity contribution is 5.13. The molecule has 0 spiro atoms. The van der Waals surface area contributed by atoms with Crippen molar-refractivity contribution in [2.45, 2.75) is 33.1 Å². The van der Waals surface area contributed by atoms with E-state index in [0.717, 1.165) is 0 Å². The molecule has 1 rings (SSSR count). The summed E-state index contributed by atoms with van der Waals surface area (Å²) in [4.78, 5) is 9.92. The third-order valence-corrected chi connectivity index (χ3v) is 2.11. The number of nitro groups is 1. The van der Waals surface area contributed by atoms with Gasteiger partial charge in [-0.3, -0.25) is 0 Å². The number of hydrogen-bond acceptors (Lipinski definition) is 5. The molecule has 0 saturated carbocycles. The molecule has 0 amide bonds. The highest BCUT2D eigenvalue weighted by Gasteiger charge is 2.13. The van der Waals surface area contributed by atoms with E-state index in [9.17, 15) is 10.1 Å². The number of ether oxygens (including phenoxy) is 2. The van der Waals surface area contributed by atoms with E-state index in [1.165, 1.54) is 10.7 Å². The standard InChI is InChI=1S/C10H17N3O4/c1-3-16-10(17-4-2)6-8-12-7-5-9(11-12)13(14)15/h5,7,10H,3-4,6,8H2,1-2H3. The zero-order valence-corrected chi connectivity index (χ0v) is 10.0. The fourth-order valence-corrected chi connectivity index (χ4v) is 1.40. The maximum absolute atomic E-state index is 10.4. The molecule has 0 fully saturated rings. The quantitative estimate of drug-likeness (QED) is 0.393. The summed E-state index contributed by atoms with van der Waals surface area (Å²) in [5, 5.41) is 14.2. The molecule has 0 bridgehead atoms. The van der Waals surface area contributed by atoms with Crippen LogP contribution in [0, 0.1) is 10.1 Å². The van der Waals surface area contributed by atoms with Gasteiger partial charge in [-0.15, -0.1) is 0 Å². The third-order valence-electron chi connectivity index (χ3n) is 2.11. The van der Waals surface area contributed by atoms with Crippen molar-refractivity contribution in [2.75, 3.05) is 13.2 Å². The van der Waals surface area contributed by atoms with Gasteiger partial charge in [-0.2, -0.15) is 4.68 Å². The number of hydrogen-bond donors (Lipinski definition) is 0. The van der Waals surface area contributed by atoms with Gasteiger partial charge in [-0.1, -0.05) is 0 Å². The number of nitrogens with zero attached hydrogens (tertiary/aromatic N) is 3. The lowest BCUT2D eigenvalue weighted by atomic mass is 10.4. The summed E-state index contributed by atoms with van der Waals surface area (Å²) in [6.07, 6.45) is 1.90. The normalized spacial score (nSPS) is 11.0. The lowest BCUT2D eigenvalue weighted by Crippen LogP contribution is -2.19. The van der Waals surface area contributed by atoms with Crippen molar-refractivity contribution in [2.24, 2.45) is 0 Å². The van der Waals surface area contributed by atoms with Crippen LogP contribution in [0.15, 0.2) is 12.3 Å². The SMILES string of the molecule is CCOC(CCn1ccc([N+](=O)[O-])n1)OCC. The van der Waals surface area contributed by atoms with Crippen molar-refractivity contribution in [1.29, 1.82) is 0 Å². The third kappa shape index (κ3) is 4.49. The smallest absolute Gasteiger partial charge is 0.358 e. The Balaban J connectivity index is 2.44. The first-order valence-electron chi connectivity index (χ1n) is 5.58. The summed E-state index contributed by atoms with van der Waals surface area (Å²) in [5.74, 6) is -0.144. The summed E-state index contributed by atoms with van der Waals surface area (Å²) < 4.78 is 12.2. The predicted molar refractivity (Wildman–Crippen MR) is 60.5 cm³/mol. The Morgan fingerprint density at radius 3 is 2.59 bits per heavy atom. The Bertz CT molecular complexity index is 347. The summed E-state index contributed by atoms with van der Waals surface area (Å²) in [6, 6.07) is 1.37. The first-order chi connectivity index (χ1) is 8.17. The van der Waals surface area contributed by atoms with E-state index in [1.54, 1.807) is 6.20 Å². The monoisotopic (exact) mass is 243 g/mol. The van der Waals surface area contributed by atoms with Crippen LogP contribution in [0.25, 0.3) is 0 Å². The van der Waals surface area contributed by atoms with E-state index < -0.39 is 4.92 Å². The molecule has 1 heterocycles. The van der Waals surface area contributed by atoms with E-state index in [1.807, 2.05) is 13.8 Å². The zero-order chi connectivity index (χ0) is 12.7. The molecule has 96 valence electrons. The molecular formula is C10H17N3O4. The van der Waals surface area contributed by atoms with Crippen LogP contribution in [0.4, 0.5) is 5.82 Å². The van der Waals surface area contributed by atoms with Gasteiger partial charge in [0.1, 0.15) is 0 Å². The van der Waals surface area contributed by atoms with E-state index in [-0.39, 0.29) is 12.1 Å². The second-order valence-corrected chi connectivity index (χ2v) is 3.32. The maximum Gasteiger partial charge on any atom is 0.389 e. The lowest BCUT2D eigenvalue weighted by Gasteiger charge is -2.15. The highest BCUT2D eigenvalue weighted by atomic mass is 16.7. The molecule has 0 saturated heterocycles. The lowest BCUT2D eigenvalue weighted by molar-refractivity contribution is -0.389. The van der Waals surface area contributed by atoms with E-state index in [2.05, 4.69) is 5.10 Å². The van der Waals surface area contributed by atoms with Gasteiger partial charge in [-0.05, 0) is 18.8 Å². The molecule has 0 aliphatic heterocycles. The van der Waals surface area contributed by atoms with Gasteiger partial charge < -0.3 is 19.6 Å². The highest BCUT2D eigenvalue weighted by Crippen LogP contribution is 2.08. The molecule has 0 unspecified atom stereocenters. The molecule has 7 heteroatoms. The molecule has 0 radical (unpaired) electrons. The molecule has 17 heavy (non-hydrogen) atoms. The summed E-state index contributed by atoms with van der Waals surface area (Å²) >= 11 is 0. The maximum atomic E-state index is 10.4. The average Bonchev–Trinajstić information content (AvgIpc) is 2.75. The van der Waals surface area contributed by atoms with Crippen LogP contribution in [0.2, 0.25) is 0 Å². The van der Waals surface area contributed by atoms with Crippen LogP contribution in [0.5, 0.6) is 0 Å². The fraction of sp³-hybridized carbons (Fsp3) is 0.700. The van der Waals surface area contributed by atoms with Gasteiger partial charge in [0.25, 0.3) is 0 Å². The number of aryl methyl sites for hydroxylation is 1. The fourth-order valence-electron chi connectivity index (χ4n) is 1.40. The van der Waals surface area contributed by atoms with E-state index in [4.69, 9.17) is 9.47 Å². The molecule has 0 aliphatic rings. The van der Waals surface area contributed by atoms with Crippen molar-refractivity contribution in [3.63, 3.8) is 0 Å². The Kier molecular flexibility index (Phi) is 5.58. The van der Waals surface area contributed by atoms with Crippen LogP contribution in [0.1, 0.15) is 20.3 Å². The molecule has 0 N–H and O–H groups in total. The largest absolute Gasteiger partial charge is 0.389 e. The van der Waals surface area contributed by atoms with Crippen molar-refractivity contribution < 1.29 is 14.4 Å². The molecule has 0 atom stereocenters. The van der Waals surface area contributed by atoms with Gasteiger partial charge in [0.15, 0.2) is 6.29 Å². The van der Waals surface area contributed by atoms with Crippen molar-refractivity contribution in [3.05, 3.63) is 22.4 Å². The summed E-state index contributed by atoms with van der Waals surface area (Å²) in [5.41, 5.74) is 0. The Hall–Kier alpha value is -1.47. The Morgan fingerprint density at radius 1 is 1.47 bits per heavy atom. The van der Waals surface area contributed by atoms with E-state index in [0.29, 0.717) is 26.2 Å². The molecular weight excluding hydrogens is 226 g/mol. The van der Waals surface area contributed by atoms with Gasteiger partial charge in [-0.25, -0.2) is 0 Å². The van der Waals surface area contributed by atoms with Crippen molar-refractivity contribution >= 4 is 5.82 Å². The predicted octanol–water partition coefficient (Wildman–Crippen LogP) is 1.58. The van der Waals surface area contributed by atoms with Crippen LogP contribution in [-0.2, 0) is 16.0 Å². The minimum Gasteiger partial charge on any atom is -0.358 e. The molecule has 1 aromatic heterocycles. The summed E-state index contributed by atoms with van der Waals surface area (Å²) in [7, 11) is 0. The van der Waals surface area contributed by atoms with Crippen molar-refractivity contribution in [3.8, 4) is 0 Å². The molecule has 0 aliphatic carbocycles. The minimum absolute atomic E-state index is 0.144. The van der Waals surface area contributed by atoms with Crippen molar-refractivity contribution in [1.82, 2.24) is 9.78 Å². The van der Waals surface area contributed by atoms with Gasteiger partial charge in [0.05, 0.1) is 23.9 Å². The van der Waals surface area contributed by atoms with Crippen LogP contribution < -0.4 is 0 Å². The topological polar surface area (TPSA) is 79.4 Å². The molecule has 0 aromatic carbocycles. The molecule has 1 aromatic rings. The van der Waals surface area contributed by atoms with Crippen LogP contribution in [0.3, 0.4) is 0 Å². The first-order valence-corrected chi connectivity index (χ1v) is 5.58. The first kappa shape index (κ1) is 13.6. The second kappa shape index (κ2) is 6.97. The van der Waals surface area contributed by atoms with Gasteiger partial charge in [0, 0.05) is 19.6 Å². The number of rotatable bonds is 8. The van der Waals surface area contributed by atoms with Crippen LogP contribution >= 0.6 is 0 Å². The van der Waals surface area contributed by atoms with Gasteiger partial charge in [0.2, 0.25) is 0 Å². The average molecular weight is 243 g/mol. The Labute approximate surface area is 99.5 Å². The minimum atomic E-state index is -0.515.